The topological polar surface area (TPSA) is 0 Å². The van der Waals surface area contributed by atoms with Gasteiger partial charge in [-0.2, -0.15) is 0 Å². The van der Waals surface area contributed by atoms with Gasteiger partial charge < -0.3 is 0 Å². The van der Waals surface area contributed by atoms with Crippen LogP contribution in [0.4, 0.5) is 0 Å². The van der Waals surface area contributed by atoms with E-state index in [0.717, 1.165) is 12.8 Å². The highest BCUT2D eigenvalue weighted by molar-refractivity contribution is 5.96. The normalized spacial score (nSPS) is 14.4. The van der Waals surface area contributed by atoms with Crippen molar-refractivity contribution in [1.82, 2.24) is 0 Å². The third-order valence-electron chi connectivity index (χ3n) is 5.78. The van der Waals surface area contributed by atoms with Gasteiger partial charge in [-0.15, -0.1) is 0 Å². The first-order valence-electron chi connectivity index (χ1n) is 9.63. The average Bonchev–Trinajstić information content (AvgIpc) is 2.72. The summed E-state index contributed by atoms with van der Waals surface area (Å²) in [7, 11) is 0. The Morgan fingerprint density at radius 1 is 0.556 bits per heavy atom. The summed E-state index contributed by atoms with van der Waals surface area (Å²) in [6.45, 7) is 0. The van der Waals surface area contributed by atoms with Crippen molar-refractivity contribution < 1.29 is 0 Å². The largest absolute Gasteiger partial charge is 0.0726 e. The SMILES string of the molecule is C1=CC(Cc2ccccc2)(Cc2ccccc2)c2cccc3cccc1c23. The number of rotatable bonds is 4. The molecule has 130 valence electrons. The summed E-state index contributed by atoms with van der Waals surface area (Å²) in [4.78, 5) is 0. The van der Waals surface area contributed by atoms with Gasteiger partial charge >= 0.3 is 0 Å². The third kappa shape index (κ3) is 2.88. The number of allylic oxidation sites excluding steroid dienone is 1. The Labute approximate surface area is 160 Å². The summed E-state index contributed by atoms with van der Waals surface area (Å²) >= 11 is 0. The third-order valence-corrected chi connectivity index (χ3v) is 5.78. The predicted octanol–water partition coefficient (Wildman–Crippen LogP) is 6.59. The van der Waals surface area contributed by atoms with Crippen LogP contribution in [0.15, 0.2) is 103 Å². The van der Waals surface area contributed by atoms with Crippen molar-refractivity contribution in [3.8, 4) is 0 Å². The lowest BCUT2D eigenvalue weighted by molar-refractivity contribution is 0.532. The Morgan fingerprint density at radius 3 is 1.78 bits per heavy atom. The first kappa shape index (κ1) is 16.1. The van der Waals surface area contributed by atoms with E-state index in [-0.39, 0.29) is 5.41 Å². The molecule has 1 aliphatic rings. The van der Waals surface area contributed by atoms with Crippen LogP contribution >= 0.6 is 0 Å². The van der Waals surface area contributed by atoms with Crippen LogP contribution in [0.25, 0.3) is 16.8 Å². The molecule has 0 saturated carbocycles. The highest BCUT2D eigenvalue weighted by Gasteiger charge is 2.34. The number of benzene rings is 4. The Hall–Kier alpha value is -3.12. The van der Waals surface area contributed by atoms with Gasteiger partial charge in [0.2, 0.25) is 0 Å². The van der Waals surface area contributed by atoms with Crippen molar-refractivity contribution in [3.63, 3.8) is 0 Å². The first-order chi connectivity index (χ1) is 13.3. The zero-order valence-corrected chi connectivity index (χ0v) is 15.3. The Morgan fingerprint density at radius 2 is 1.15 bits per heavy atom. The van der Waals surface area contributed by atoms with E-state index in [1.165, 1.54) is 33.0 Å². The minimum Gasteiger partial charge on any atom is -0.0726 e. The van der Waals surface area contributed by atoms with E-state index in [0.29, 0.717) is 0 Å². The molecule has 0 nitrogen and oxygen atoms in total. The van der Waals surface area contributed by atoms with Gasteiger partial charge in [-0.3, -0.25) is 0 Å². The van der Waals surface area contributed by atoms with E-state index in [4.69, 9.17) is 0 Å². The van der Waals surface area contributed by atoms with Crippen LogP contribution in [0.3, 0.4) is 0 Å². The van der Waals surface area contributed by atoms with Gasteiger partial charge in [-0.1, -0.05) is 109 Å². The summed E-state index contributed by atoms with van der Waals surface area (Å²) in [5.41, 5.74) is 5.52. The smallest absolute Gasteiger partial charge is 0.0222 e. The fourth-order valence-electron chi connectivity index (χ4n) is 4.55. The van der Waals surface area contributed by atoms with Gasteiger partial charge in [-0.25, -0.2) is 0 Å². The molecular weight excluding hydrogens is 324 g/mol. The summed E-state index contributed by atoms with van der Waals surface area (Å²) in [6, 6.07) is 35.2. The van der Waals surface area contributed by atoms with Crippen LogP contribution in [-0.4, -0.2) is 0 Å². The van der Waals surface area contributed by atoms with Crippen molar-refractivity contribution in [2.45, 2.75) is 18.3 Å². The van der Waals surface area contributed by atoms with E-state index in [9.17, 15) is 0 Å². The molecule has 0 fully saturated rings. The molecule has 4 aromatic carbocycles. The van der Waals surface area contributed by atoms with Gasteiger partial charge in [0, 0.05) is 5.41 Å². The lowest BCUT2D eigenvalue weighted by Gasteiger charge is -2.36. The van der Waals surface area contributed by atoms with Gasteiger partial charge in [-0.05, 0) is 45.9 Å². The van der Waals surface area contributed by atoms with Crippen molar-refractivity contribution in [1.29, 1.82) is 0 Å². The minimum atomic E-state index is -0.0312. The van der Waals surface area contributed by atoms with Crippen LogP contribution in [0.2, 0.25) is 0 Å². The standard InChI is InChI=1S/C27H22/c1-3-9-21(10-4-1)19-27(20-22-11-5-2-6-12-22)18-17-24-14-7-13-23-15-8-16-25(27)26(23)24/h1-18H,19-20H2. The zero-order valence-electron chi connectivity index (χ0n) is 15.3. The molecule has 27 heavy (non-hydrogen) atoms. The summed E-state index contributed by atoms with van der Waals surface area (Å²) in [5, 5.41) is 2.74. The summed E-state index contributed by atoms with van der Waals surface area (Å²) < 4.78 is 0. The molecule has 0 spiro atoms. The van der Waals surface area contributed by atoms with E-state index in [1.807, 2.05) is 0 Å². The molecule has 0 atom stereocenters. The van der Waals surface area contributed by atoms with Crippen molar-refractivity contribution in [2.24, 2.45) is 0 Å². The maximum Gasteiger partial charge on any atom is 0.0222 e. The predicted molar refractivity (Wildman–Crippen MR) is 115 cm³/mol. The molecule has 0 aliphatic heterocycles. The van der Waals surface area contributed by atoms with E-state index in [1.54, 1.807) is 0 Å². The molecular formula is C27H22. The van der Waals surface area contributed by atoms with Crippen molar-refractivity contribution >= 4 is 16.8 Å². The fourth-order valence-corrected chi connectivity index (χ4v) is 4.55. The second kappa shape index (κ2) is 6.55. The van der Waals surface area contributed by atoms with Crippen molar-refractivity contribution in [2.75, 3.05) is 0 Å². The lowest BCUT2D eigenvalue weighted by atomic mass is 9.67. The zero-order chi connectivity index (χ0) is 18.1. The molecule has 0 heteroatoms. The molecule has 0 N–H and O–H groups in total. The Kier molecular flexibility index (Phi) is 3.90. The maximum absolute atomic E-state index is 2.45. The number of hydrogen-bond donors (Lipinski definition) is 0. The molecule has 0 heterocycles. The monoisotopic (exact) mass is 346 g/mol. The second-order valence-electron chi connectivity index (χ2n) is 7.57. The van der Waals surface area contributed by atoms with Crippen LogP contribution in [0, 0.1) is 0 Å². The molecule has 4 aromatic rings. The molecule has 1 aliphatic carbocycles. The quantitative estimate of drug-likeness (QED) is 0.391. The van der Waals surface area contributed by atoms with E-state index in [2.05, 4.69) is 109 Å². The molecule has 0 aromatic heterocycles. The highest BCUT2D eigenvalue weighted by atomic mass is 14.4. The van der Waals surface area contributed by atoms with Gasteiger partial charge in [0.1, 0.15) is 0 Å². The Balaban J connectivity index is 1.71. The highest BCUT2D eigenvalue weighted by Crippen LogP contribution is 2.43. The minimum absolute atomic E-state index is 0.0312. The van der Waals surface area contributed by atoms with Crippen LogP contribution in [-0.2, 0) is 18.3 Å². The summed E-state index contributed by atoms with van der Waals surface area (Å²) in [6.07, 6.45) is 6.80. The van der Waals surface area contributed by atoms with Crippen LogP contribution in [0.1, 0.15) is 22.3 Å². The van der Waals surface area contributed by atoms with Crippen LogP contribution in [0.5, 0.6) is 0 Å². The molecule has 0 radical (unpaired) electrons. The lowest BCUT2D eigenvalue weighted by Crippen LogP contribution is -2.31. The maximum atomic E-state index is 2.45. The molecule has 5 rings (SSSR count). The van der Waals surface area contributed by atoms with Gasteiger partial charge in [0.15, 0.2) is 0 Å². The molecule has 0 unspecified atom stereocenters. The average molecular weight is 346 g/mol. The number of hydrogen-bond acceptors (Lipinski definition) is 0. The van der Waals surface area contributed by atoms with E-state index < -0.39 is 0 Å². The second-order valence-corrected chi connectivity index (χ2v) is 7.57. The van der Waals surface area contributed by atoms with Gasteiger partial charge in [0.05, 0.1) is 0 Å². The van der Waals surface area contributed by atoms with Crippen molar-refractivity contribution in [3.05, 3.63) is 125 Å². The summed E-state index contributed by atoms with van der Waals surface area (Å²) in [5.74, 6) is 0. The Bertz CT molecular complexity index is 1060. The van der Waals surface area contributed by atoms with E-state index >= 15 is 0 Å². The van der Waals surface area contributed by atoms with Gasteiger partial charge in [0.25, 0.3) is 0 Å². The first-order valence-corrected chi connectivity index (χ1v) is 9.63. The molecule has 0 bridgehead atoms. The molecule has 0 amide bonds. The fraction of sp³-hybridized carbons (Fsp3) is 0.111. The molecule has 0 saturated heterocycles. The van der Waals surface area contributed by atoms with Crippen LogP contribution < -0.4 is 0 Å².